The van der Waals surface area contributed by atoms with Gasteiger partial charge in [-0.2, -0.15) is 0 Å². The Labute approximate surface area is 195 Å². The second kappa shape index (κ2) is 13.6. The molecule has 2 amide bonds. The van der Waals surface area contributed by atoms with Gasteiger partial charge in [-0.05, 0) is 52.4 Å². The molecule has 0 rings (SSSR count). The van der Waals surface area contributed by atoms with Crippen LogP contribution in [0.15, 0.2) is 11.6 Å². The number of ether oxygens (including phenoxy) is 1. The largest absolute Gasteiger partial charge is 0.463 e. The van der Waals surface area contributed by atoms with Crippen molar-refractivity contribution in [2.75, 3.05) is 13.7 Å². The predicted molar refractivity (Wildman–Crippen MR) is 130 cm³/mol. The van der Waals surface area contributed by atoms with Gasteiger partial charge in [0.05, 0.1) is 18.2 Å². The Morgan fingerprint density at radius 1 is 0.969 bits per heavy atom. The van der Waals surface area contributed by atoms with E-state index >= 15 is 0 Å². The fraction of sp³-hybridized carbons (Fsp3) is 0.800. The molecule has 7 nitrogen and oxygen atoms in total. The maximum Gasteiger partial charge on any atom is 0.333 e. The van der Waals surface area contributed by atoms with Crippen LogP contribution in [-0.2, 0) is 19.1 Å². The molecule has 32 heavy (non-hydrogen) atoms. The molecule has 7 heteroatoms. The molecule has 0 unspecified atom stereocenters. The summed E-state index contributed by atoms with van der Waals surface area (Å²) in [6, 6.07) is -0.838. The summed E-state index contributed by atoms with van der Waals surface area (Å²) in [5, 5.41) is 6.43. The van der Waals surface area contributed by atoms with Gasteiger partial charge in [0.1, 0.15) is 6.04 Å². The van der Waals surface area contributed by atoms with Gasteiger partial charge >= 0.3 is 5.97 Å². The van der Waals surface area contributed by atoms with Crippen molar-refractivity contribution in [1.82, 2.24) is 15.5 Å². The van der Waals surface area contributed by atoms with E-state index < -0.39 is 11.6 Å². The third kappa shape index (κ3) is 8.23. The SMILES string of the molecule is CCOC(=O)C(C)=C[C@H](C(C)C)N(C)C(=O)[C@@H](NC(=O)C(CC)(CC)NC(C)C)C(C)C. The monoisotopic (exact) mass is 453 g/mol. The van der Waals surface area contributed by atoms with Gasteiger partial charge in [-0.25, -0.2) is 4.79 Å². The number of hydrogen-bond acceptors (Lipinski definition) is 5. The minimum atomic E-state index is -0.724. The van der Waals surface area contributed by atoms with Crippen LogP contribution in [0.5, 0.6) is 0 Å². The highest BCUT2D eigenvalue weighted by Gasteiger charge is 2.39. The van der Waals surface area contributed by atoms with Gasteiger partial charge in [0.2, 0.25) is 11.8 Å². The third-order valence-corrected chi connectivity index (χ3v) is 5.92. The van der Waals surface area contributed by atoms with Crippen molar-refractivity contribution in [3.8, 4) is 0 Å². The first kappa shape index (κ1) is 30.1. The summed E-state index contributed by atoms with van der Waals surface area (Å²) in [5.74, 6) is -0.739. The molecule has 2 N–H and O–H groups in total. The van der Waals surface area contributed by atoms with Gasteiger partial charge < -0.3 is 20.3 Å². The van der Waals surface area contributed by atoms with E-state index in [0.717, 1.165) is 0 Å². The smallest absolute Gasteiger partial charge is 0.333 e. The van der Waals surface area contributed by atoms with Crippen LogP contribution < -0.4 is 10.6 Å². The topological polar surface area (TPSA) is 87.7 Å². The van der Waals surface area contributed by atoms with Crippen molar-refractivity contribution in [1.29, 1.82) is 0 Å². The molecule has 0 saturated heterocycles. The van der Waals surface area contributed by atoms with E-state index in [-0.39, 0.29) is 41.7 Å². The lowest BCUT2D eigenvalue weighted by Crippen LogP contribution is -2.63. The van der Waals surface area contributed by atoms with E-state index in [1.807, 2.05) is 55.4 Å². The van der Waals surface area contributed by atoms with Gasteiger partial charge in [-0.1, -0.05) is 47.6 Å². The molecule has 2 atom stereocenters. The van der Waals surface area contributed by atoms with E-state index in [1.54, 1.807) is 31.9 Å². The number of nitrogens with zero attached hydrogens (tertiary/aromatic N) is 1. The molecular weight excluding hydrogens is 406 g/mol. The number of esters is 1. The molecule has 0 fully saturated rings. The van der Waals surface area contributed by atoms with Crippen molar-refractivity contribution in [2.24, 2.45) is 11.8 Å². The molecule has 186 valence electrons. The van der Waals surface area contributed by atoms with E-state index in [9.17, 15) is 14.4 Å². The second-order valence-electron chi connectivity index (χ2n) is 9.54. The van der Waals surface area contributed by atoms with E-state index in [2.05, 4.69) is 10.6 Å². The van der Waals surface area contributed by atoms with Crippen LogP contribution >= 0.6 is 0 Å². The van der Waals surface area contributed by atoms with E-state index in [0.29, 0.717) is 25.0 Å². The summed E-state index contributed by atoms with van der Waals surface area (Å²) in [6.45, 7) is 19.6. The predicted octanol–water partition coefficient (Wildman–Crippen LogP) is 3.68. The van der Waals surface area contributed by atoms with Crippen LogP contribution in [0.2, 0.25) is 0 Å². The maximum absolute atomic E-state index is 13.5. The van der Waals surface area contributed by atoms with Crippen molar-refractivity contribution in [2.45, 2.75) is 106 Å². The first-order chi connectivity index (χ1) is 14.8. The Balaban J connectivity index is 5.86. The molecule has 0 aromatic rings. The zero-order valence-corrected chi connectivity index (χ0v) is 22.2. The van der Waals surface area contributed by atoms with Gasteiger partial charge in [0, 0.05) is 18.7 Å². The molecule has 0 aliphatic heterocycles. The Bertz CT molecular complexity index is 652. The molecule has 0 bridgehead atoms. The number of rotatable bonds is 13. The highest BCUT2D eigenvalue weighted by molar-refractivity contribution is 5.92. The summed E-state index contributed by atoms with van der Waals surface area (Å²) in [7, 11) is 1.72. The summed E-state index contributed by atoms with van der Waals surface area (Å²) in [5.41, 5.74) is -0.259. The van der Waals surface area contributed by atoms with Gasteiger partial charge in [-0.15, -0.1) is 0 Å². The fourth-order valence-corrected chi connectivity index (χ4v) is 3.87. The fourth-order valence-electron chi connectivity index (χ4n) is 3.87. The van der Waals surface area contributed by atoms with Crippen LogP contribution in [0.1, 0.15) is 82.1 Å². The lowest BCUT2D eigenvalue weighted by molar-refractivity contribution is -0.140. The van der Waals surface area contributed by atoms with E-state index in [4.69, 9.17) is 4.74 Å². The molecule has 0 aliphatic carbocycles. The Kier molecular flexibility index (Phi) is 12.8. The first-order valence-corrected chi connectivity index (χ1v) is 12.0. The summed E-state index contributed by atoms with van der Waals surface area (Å²) in [6.07, 6.45) is 3.03. The maximum atomic E-state index is 13.5. The molecule has 0 aliphatic rings. The van der Waals surface area contributed by atoms with Crippen LogP contribution in [0.3, 0.4) is 0 Å². The summed E-state index contributed by atoms with van der Waals surface area (Å²) in [4.78, 5) is 40.6. The molecule has 0 aromatic carbocycles. The molecular formula is C25H47N3O4. The first-order valence-electron chi connectivity index (χ1n) is 12.0. The Morgan fingerprint density at radius 2 is 1.50 bits per heavy atom. The minimum Gasteiger partial charge on any atom is -0.463 e. The zero-order chi connectivity index (χ0) is 25.2. The lowest BCUT2D eigenvalue weighted by Gasteiger charge is -2.38. The number of nitrogens with one attached hydrogen (secondary N) is 2. The average molecular weight is 454 g/mol. The quantitative estimate of drug-likeness (QED) is 0.328. The number of amides is 2. The zero-order valence-electron chi connectivity index (χ0n) is 22.2. The number of carbonyl (C=O) groups excluding carboxylic acids is 3. The Hall–Kier alpha value is -1.89. The van der Waals surface area contributed by atoms with Crippen molar-refractivity contribution >= 4 is 17.8 Å². The van der Waals surface area contributed by atoms with Crippen molar-refractivity contribution in [3.63, 3.8) is 0 Å². The standard InChI is InChI=1S/C25H47N3O4/c1-12-25(13-2,27-18(8)9)24(31)26-21(17(6)7)22(29)28(11)20(16(4)5)15-19(10)23(30)32-14-3/h15-18,20-21,27H,12-14H2,1-11H3,(H,26,31)/t20-,21+/m1/s1. The van der Waals surface area contributed by atoms with Crippen molar-refractivity contribution in [3.05, 3.63) is 11.6 Å². The highest BCUT2D eigenvalue weighted by atomic mass is 16.5. The number of likely N-dealkylation sites (N-methyl/N-ethyl adjacent to an activating group) is 1. The van der Waals surface area contributed by atoms with Crippen LogP contribution in [0.4, 0.5) is 0 Å². The van der Waals surface area contributed by atoms with Crippen LogP contribution in [-0.4, -0.2) is 60.0 Å². The lowest BCUT2D eigenvalue weighted by atomic mass is 9.89. The molecule has 0 saturated carbocycles. The highest BCUT2D eigenvalue weighted by Crippen LogP contribution is 2.20. The molecule has 0 heterocycles. The van der Waals surface area contributed by atoms with Gasteiger partial charge in [0.25, 0.3) is 0 Å². The molecule has 0 radical (unpaired) electrons. The van der Waals surface area contributed by atoms with Crippen LogP contribution in [0.25, 0.3) is 0 Å². The second-order valence-corrected chi connectivity index (χ2v) is 9.54. The third-order valence-electron chi connectivity index (χ3n) is 5.92. The average Bonchev–Trinajstić information content (AvgIpc) is 2.72. The van der Waals surface area contributed by atoms with E-state index in [1.165, 1.54) is 0 Å². The van der Waals surface area contributed by atoms with Crippen molar-refractivity contribution < 1.29 is 19.1 Å². The molecule has 0 spiro atoms. The number of hydrogen-bond donors (Lipinski definition) is 2. The Morgan fingerprint density at radius 3 is 1.88 bits per heavy atom. The normalized spacial score (nSPS) is 14.5. The number of carbonyl (C=O) groups is 3. The summed E-state index contributed by atoms with van der Waals surface area (Å²) < 4.78 is 5.08. The molecule has 0 aromatic heterocycles. The van der Waals surface area contributed by atoms with Gasteiger partial charge in [-0.3, -0.25) is 9.59 Å². The van der Waals surface area contributed by atoms with Gasteiger partial charge in [0.15, 0.2) is 0 Å². The van der Waals surface area contributed by atoms with Crippen LogP contribution in [0, 0.1) is 11.8 Å². The summed E-state index contributed by atoms with van der Waals surface area (Å²) >= 11 is 0. The minimum absolute atomic E-state index is 0.0739.